The molecule has 0 saturated heterocycles. The summed E-state index contributed by atoms with van der Waals surface area (Å²) >= 11 is 0. The van der Waals surface area contributed by atoms with Crippen molar-refractivity contribution in [3.63, 3.8) is 0 Å². The van der Waals surface area contributed by atoms with Crippen molar-refractivity contribution in [1.82, 2.24) is 0 Å². The zero-order valence-electron chi connectivity index (χ0n) is 12.2. The molecule has 0 radical (unpaired) electrons. The Kier molecular flexibility index (Phi) is 5.14. The van der Waals surface area contributed by atoms with Crippen LogP contribution in [0.1, 0.15) is 19.4 Å². The third-order valence-electron chi connectivity index (χ3n) is 2.93. The molecule has 21 heavy (non-hydrogen) atoms. The summed E-state index contributed by atoms with van der Waals surface area (Å²) in [5.74, 6) is -0.476. The summed E-state index contributed by atoms with van der Waals surface area (Å²) in [4.78, 5) is 0. The summed E-state index contributed by atoms with van der Waals surface area (Å²) in [6.45, 7) is 5.19. The molecule has 2 nitrogen and oxygen atoms in total. The van der Waals surface area contributed by atoms with Gasteiger partial charge in [0.25, 0.3) is 0 Å². The van der Waals surface area contributed by atoms with Gasteiger partial charge in [-0.15, -0.1) is 0 Å². The van der Waals surface area contributed by atoms with Crippen molar-refractivity contribution in [2.24, 2.45) is 5.92 Å². The Morgan fingerprint density at radius 2 is 1.81 bits per heavy atom. The minimum absolute atomic E-state index is 0.402. The van der Waals surface area contributed by atoms with Gasteiger partial charge < -0.3 is 10.1 Å². The van der Waals surface area contributed by atoms with E-state index in [-0.39, 0.29) is 0 Å². The molecule has 0 amide bonds. The standard InChI is InChI=1S/C17H19F2NO/c1-12(2)11-21-17-6-4-3-5-16(17)20-10-13-7-8-14(18)15(19)9-13/h3-9,12,20H,10-11H2,1-2H3. The van der Waals surface area contributed by atoms with Crippen LogP contribution < -0.4 is 10.1 Å². The van der Waals surface area contributed by atoms with Gasteiger partial charge in [-0.1, -0.05) is 32.0 Å². The van der Waals surface area contributed by atoms with Gasteiger partial charge in [-0.25, -0.2) is 8.78 Å². The minimum atomic E-state index is -0.835. The highest BCUT2D eigenvalue weighted by molar-refractivity contribution is 5.56. The topological polar surface area (TPSA) is 21.3 Å². The molecule has 0 aliphatic heterocycles. The SMILES string of the molecule is CC(C)COc1ccccc1NCc1ccc(F)c(F)c1. The van der Waals surface area contributed by atoms with Gasteiger partial charge in [0, 0.05) is 6.54 Å². The number of hydrogen-bond acceptors (Lipinski definition) is 2. The first-order valence-electron chi connectivity index (χ1n) is 6.96. The molecule has 0 aliphatic carbocycles. The average Bonchev–Trinajstić information content (AvgIpc) is 2.47. The normalized spacial score (nSPS) is 10.7. The molecule has 0 heterocycles. The van der Waals surface area contributed by atoms with E-state index < -0.39 is 11.6 Å². The van der Waals surface area contributed by atoms with Crippen molar-refractivity contribution in [2.75, 3.05) is 11.9 Å². The molecule has 112 valence electrons. The van der Waals surface area contributed by atoms with Gasteiger partial charge >= 0.3 is 0 Å². The maximum absolute atomic E-state index is 13.2. The maximum atomic E-state index is 13.2. The number of hydrogen-bond donors (Lipinski definition) is 1. The van der Waals surface area contributed by atoms with Gasteiger partial charge in [0.15, 0.2) is 11.6 Å². The van der Waals surface area contributed by atoms with Crippen LogP contribution in [0.2, 0.25) is 0 Å². The minimum Gasteiger partial charge on any atom is -0.491 e. The van der Waals surface area contributed by atoms with Crippen LogP contribution >= 0.6 is 0 Å². The lowest BCUT2D eigenvalue weighted by Gasteiger charge is -2.14. The molecule has 0 atom stereocenters. The fourth-order valence-corrected chi connectivity index (χ4v) is 1.84. The average molecular weight is 291 g/mol. The number of ether oxygens (including phenoxy) is 1. The van der Waals surface area contributed by atoms with Crippen molar-refractivity contribution < 1.29 is 13.5 Å². The third-order valence-corrected chi connectivity index (χ3v) is 2.93. The highest BCUT2D eigenvalue weighted by Crippen LogP contribution is 2.25. The second kappa shape index (κ2) is 7.07. The van der Waals surface area contributed by atoms with Gasteiger partial charge in [-0.2, -0.15) is 0 Å². The van der Waals surface area contributed by atoms with Crippen LogP contribution in [0, 0.1) is 17.6 Å². The summed E-state index contributed by atoms with van der Waals surface area (Å²) in [5.41, 5.74) is 1.51. The first-order chi connectivity index (χ1) is 10.1. The van der Waals surface area contributed by atoms with E-state index in [9.17, 15) is 8.78 Å². The number of rotatable bonds is 6. The molecule has 0 spiro atoms. The zero-order valence-corrected chi connectivity index (χ0v) is 12.2. The van der Waals surface area contributed by atoms with Gasteiger partial charge in [-0.3, -0.25) is 0 Å². The predicted octanol–water partition coefficient (Wildman–Crippen LogP) is 4.61. The summed E-state index contributed by atoms with van der Waals surface area (Å²) in [5, 5.41) is 3.19. The van der Waals surface area contributed by atoms with E-state index in [1.165, 1.54) is 6.07 Å². The Morgan fingerprint density at radius 3 is 2.52 bits per heavy atom. The fourth-order valence-electron chi connectivity index (χ4n) is 1.84. The van der Waals surface area contributed by atoms with Crippen LogP contribution in [-0.2, 0) is 6.54 Å². The van der Waals surface area contributed by atoms with Crippen LogP contribution in [-0.4, -0.2) is 6.61 Å². The summed E-state index contributed by atoms with van der Waals surface area (Å²) < 4.78 is 31.8. The van der Waals surface area contributed by atoms with E-state index in [4.69, 9.17) is 4.74 Å². The van der Waals surface area contributed by atoms with Crippen LogP contribution in [0.15, 0.2) is 42.5 Å². The molecule has 0 aliphatic rings. The van der Waals surface area contributed by atoms with Crippen molar-refractivity contribution in [2.45, 2.75) is 20.4 Å². The van der Waals surface area contributed by atoms with Gasteiger partial charge in [0.2, 0.25) is 0 Å². The highest BCUT2D eigenvalue weighted by Gasteiger charge is 2.06. The monoisotopic (exact) mass is 291 g/mol. The molecular weight excluding hydrogens is 272 g/mol. The lowest BCUT2D eigenvalue weighted by Crippen LogP contribution is -2.07. The summed E-state index contributed by atoms with van der Waals surface area (Å²) in [7, 11) is 0. The fraction of sp³-hybridized carbons (Fsp3) is 0.294. The Balaban J connectivity index is 2.03. The molecule has 0 fully saturated rings. The van der Waals surface area contributed by atoms with Crippen LogP contribution in [0.5, 0.6) is 5.75 Å². The Hall–Kier alpha value is -2.10. The van der Waals surface area contributed by atoms with Crippen molar-refractivity contribution in [1.29, 1.82) is 0 Å². The molecule has 0 aromatic heterocycles. The molecule has 0 bridgehead atoms. The summed E-state index contributed by atoms with van der Waals surface area (Å²) in [6, 6.07) is 11.5. The second-order valence-corrected chi connectivity index (χ2v) is 5.30. The first-order valence-corrected chi connectivity index (χ1v) is 6.96. The molecule has 0 unspecified atom stereocenters. The largest absolute Gasteiger partial charge is 0.491 e. The maximum Gasteiger partial charge on any atom is 0.159 e. The quantitative estimate of drug-likeness (QED) is 0.839. The van der Waals surface area contributed by atoms with Crippen molar-refractivity contribution in [3.8, 4) is 5.75 Å². The lowest BCUT2D eigenvalue weighted by molar-refractivity contribution is 0.272. The van der Waals surface area contributed by atoms with Crippen molar-refractivity contribution in [3.05, 3.63) is 59.7 Å². The molecule has 1 N–H and O–H groups in total. The number of nitrogens with one attached hydrogen (secondary N) is 1. The zero-order chi connectivity index (χ0) is 15.2. The lowest BCUT2D eigenvalue weighted by atomic mass is 10.2. The molecule has 0 saturated carbocycles. The van der Waals surface area contributed by atoms with Gasteiger partial charge in [0.1, 0.15) is 5.75 Å². The third kappa shape index (κ3) is 4.45. The van der Waals surface area contributed by atoms with E-state index >= 15 is 0 Å². The van der Waals surface area contributed by atoms with E-state index in [0.29, 0.717) is 24.6 Å². The highest BCUT2D eigenvalue weighted by atomic mass is 19.2. The smallest absolute Gasteiger partial charge is 0.159 e. The number of benzene rings is 2. The molecule has 2 rings (SSSR count). The van der Waals surface area contributed by atoms with E-state index in [1.807, 2.05) is 24.3 Å². The Bertz CT molecular complexity index is 599. The molecule has 4 heteroatoms. The Morgan fingerprint density at radius 1 is 1.05 bits per heavy atom. The number of halogens is 2. The van der Waals surface area contributed by atoms with Crippen LogP contribution in [0.4, 0.5) is 14.5 Å². The molecule has 2 aromatic carbocycles. The predicted molar refractivity (Wildman–Crippen MR) is 80.5 cm³/mol. The van der Waals surface area contributed by atoms with Gasteiger partial charge in [-0.05, 0) is 35.7 Å². The molecule has 2 aromatic rings. The Labute approximate surface area is 123 Å². The number of anilines is 1. The van der Waals surface area contributed by atoms with E-state index in [0.717, 1.165) is 17.5 Å². The van der Waals surface area contributed by atoms with Crippen molar-refractivity contribution >= 4 is 5.69 Å². The van der Waals surface area contributed by atoms with E-state index in [2.05, 4.69) is 19.2 Å². The second-order valence-electron chi connectivity index (χ2n) is 5.30. The summed E-state index contributed by atoms with van der Waals surface area (Å²) in [6.07, 6.45) is 0. The number of para-hydroxylation sites is 2. The van der Waals surface area contributed by atoms with Gasteiger partial charge in [0.05, 0.1) is 12.3 Å². The van der Waals surface area contributed by atoms with Crippen LogP contribution in [0.3, 0.4) is 0 Å². The van der Waals surface area contributed by atoms with Crippen LogP contribution in [0.25, 0.3) is 0 Å². The molecular formula is C17H19F2NO. The first kappa shape index (κ1) is 15.3. The van der Waals surface area contributed by atoms with E-state index in [1.54, 1.807) is 6.07 Å².